The van der Waals surface area contributed by atoms with Gasteiger partial charge in [-0.25, -0.2) is 9.78 Å². The molecule has 0 amide bonds. The lowest BCUT2D eigenvalue weighted by Crippen LogP contribution is -2.48. The van der Waals surface area contributed by atoms with Crippen molar-refractivity contribution in [3.8, 4) is 0 Å². The highest BCUT2D eigenvalue weighted by Crippen LogP contribution is 2.20. The minimum Gasteiger partial charge on any atom is -0.480 e. The van der Waals surface area contributed by atoms with E-state index in [2.05, 4.69) is 10.1 Å². The highest BCUT2D eigenvalue weighted by molar-refractivity contribution is 5.80. The number of carboxylic acids is 1. The SMILES string of the molecule is NC(Cn1cncn1)(C(=O)O)c1ccccc1. The average molecular weight is 232 g/mol. The van der Waals surface area contributed by atoms with Crippen LogP contribution in [0.1, 0.15) is 5.56 Å². The van der Waals surface area contributed by atoms with Gasteiger partial charge in [0.2, 0.25) is 0 Å². The molecule has 6 nitrogen and oxygen atoms in total. The van der Waals surface area contributed by atoms with E-state index in [0.29, 0.717) is 5.56 Å². The second kappa shape index (κ2) is 4.34. The van der Waals surface area contributed by atoms with E-state index in [9.17, 15) is 9.90 Å². The normalized spacial score (nSPS) is 14.2. The van der Waals surface area contributed by atoms with E-state index in [0.717, 1.165) is 0 Å². The molecule has 1 aromatic carbocycles. The fourth-order valence-corrected chi connectivity index (χ4v) is 1.59. The highest BCUT2D eigenvalue weighted by Gasteiger charge is 2.36. The van der Waals surface area contributed by atoms with Crippen molar-refractivity contribution in [1.29, 1.82) is 0 Å². The first-order valence-corrected chi connectivity index (χ1v) is 5.03. The highest BCUT2D eigenvalue weighted by atomic mass is 16.4. The fraction of sp³-hybridized carbons (Fsp3) is 0.182. The fourth-order valence-electron chi connectivity index (χ4n) is 1.59. The number of carboxylic acid groups (broad SMARTS) is 1. The van der Waals surface area contributed by atoms with Crippen LogP contribution in [0.15, 0.2) is 43.0 Å². The molecule has 3 N–H and O–H groups in total. The van der Waals surface area contributed by atoms with E-state index in [1.54, 1.807) is 30.3 Å². The third-order valence-corrected chi connectivity index (χ3v) is 2.55. The van der Waals surface area contributed by atoms with Gasteiger partial charge >= 0.3 is 5.97 Å². The van der Waals surface area contributed by atoms with Crippen molar-refractivity contribution in [3.05, 3.63) is 48.5 Å². The summed E-state index contributed by atoms with van der Waals surface area (Å²) in [7, 11) is 0. The van der Waals surface area contributed by atoms with Crippen LogP contribution in [0.4, 0.5) is 0 Å². The van der Waals surface area contributed by atoms with Crippen molar-refractivity contribution in [3.63, 3.8) is 0 Å². The summed E-state index contributed by atoms with van der Waals surface area (Å²) in [6.45, 7) is 0.0341. The quantitative estimate of drug-likeness (QED) is 0.786. The van der Waals surface area contributed by atoms with E-state index in [-0.39, 0.29) is 6.54 Å². The van der Waals surface area contributed by atoms with E-state index in [1.807, 2.05) is 0 Å². The largest absolute Gasteiger partial charge is 0.480 e. The van der Waals surface area contributed by atoms with E-state index >= 15 is 0 Å². The van der Waals surface area contributed by atoms with E-state index in [1.165, 1.54) is 17.3 Å². The molecular weight excluding hydrogens is 220 g/mol. The predicted molar refractivity (Wildman–Crippen MR) is 60.0 cm³/mol. The minimum absolute atomic E-state index is 0.0341. The van der Waals surface area contributed by atoms with Crippen LogP contribution in [0.2, 0.25) is 0 Å². The predicted octanol–water partition coefficient (Wildman–Crippen LogP) is 0.217. The van der Waals surface area contributed by atoms with Gasteiger partial charge < -0.3 is 10.8 Å². The van der Waals surface area contributed by atoms with E-state index < -0.39 is 11.5 Å². The minimum atomic E-state index is -1.50. The van der Waals surface area contributed by atoms with Crippen LogP contribution in [-0.2, 0) is 16.9 Å². The summed E-state index contributed by atoms with van der Waals surface area (Å²) in [4.78, 5) is 15.1. The molecule has 2 aromatic rings. The number of rotatable bonds is 4. The summed E-state index contributed by atoms with van der Waals surface area (Å²) in [6, 6.07) is 8.68. The molecule has 0 fully saturated rings. The van der Waals surface area contributed by atoms with Crippen LogP contribution in [0.5, 0.6) is 0 Å². The molecule has 6 heteroatoms. The molecule has 0 spiro atoms. The number of hydrogen-bond acceptors (Lipinski definition) is 4. The van der Waals surface area contributed by atoms with Gasteiger partial charge in [-0.3, -0.25) is 4.68 Å². The summed E-state index contributed by atoms with van der Waals surface area (Å²) in [6.07, 6.45) is 2.78. The molecule has 1 heterocycles. The Balaban J connectivity index is 2.37. The monoisotopic (exact) mass is 232 g/mol. The summed E-state index contributed by atoms with van der Waals surface area (Å²) in [5.41, 5.74) is 4.99. The third-order valence-electron chi connectivity index (χ3n) is 2.55. The van der Waals surface area contributed by atoms with Crippen molar-refractivity contribution < 1.29 is 9.90 Å². The first-order valence-electron chi connectivity index (χ1n) is 5.03. The van der Waals surface area contributed by atoms with Gasteiger partial charge in [0.1, 0.15) is 12.7 Å². The molecule has 0 bridgehead atoms. The Bertz CT molecular complexity index is 497. The first-order chi connectivity index (χ1) is 8.13. The molecule has 17 heavy (non-hydrogen) atoms. The standard InChI is InChI=1S/C11H12N4O2/c12-11(10(16)17,6-15-8-13-7-14-15)9-4-2-1-3-5-9/h1-5,7-8H,6,12H2,(H,16,17). The maximum atomic E-state index is 11.4. The lowest BCUT2D eigenvalue weighted by molar-refractivity contribution is -0.144. The molecule has 0 radical (unpaired) electrons. The maximum absolute atomic E-state index is 11.4. The zero-order valence-corrected chi connectivity index (χ0v) is 9.02. The van der Waals surface area contributed by atoms with Crippen LogP contribution >= 0.6 is 0 Å². The van der Waals surface area contributed by atoms with Crippen molar-refractivity contribution >= 4 is 5.97 Å². The molecule has 0 aliphatic carbocycles. The number of hydrogen-bond donors (Lipinski definition) is 2. The number of aliphatic carboxylic acids is 1. The molecule has 0 aliphatic rings. The van der Waals surface area contributed by atoms with Gasteiger partial charge in [-0.1, -0.05) is 30.3 Å². The molecular formula is C11H12N4O2. The van der Waals surface area contributed by atoms with Crippen molar-refractivity contribution in [2.24, 2.45) is 5.73 Å². The molecule has 88 valence electrons. The summed E-state index contributed by atoms with van der Waals surface area (Å²) in [5.74, 6) is -1.10. The van der Waals surface area contributed by atoms with Gasteiger partial charge in [0.25, 0.3) is 0 Å². The van der Waals surface area contributed by atoms with Gasteiger partial charge in [-0.2, -0.15) is 5.10 Å². The summed E-state index contributed by atoms with van der Waals surface area (Å²) >= 11 is 0. The third kappa shape index (κ3) is 2.16. The molecule has 0 saturated heterocycles. The Hall–Kier alpha value is -2.21. The molecule has 1 atom stereocenters. The van der Waals surface area contributed by atoms with Crippen molar-refractivity contribution in [1.82, 2.24) is 14.8 Å². The molecule has 0 saturated carbocycles. The van der Waals surface area contributed by atoms with Crippen LogP contribution in [0.3, 0.4) is 0 Å². The number of nitrogens with zero attached hydrogens (tertiary/aromatic N) is 3. The van der Waals surface area contributed by atoms with Crippen LogP contribution in [-0.4, -0.2) is 25.8 Å². The van der Waals surface area contributed by atoms with Crippen LogP contribution < -0.4 is 5.73 Å². The Morgan fingerprint density at radius 2 is 2.12 bits per heavy atom. The molecule has 2 rings (SSSR count). The van der Waals surface area contributed by atoms with Crippen molar-refractivity contribution in [2.45, 2.75) is 12.1 Å². The second-order valence-electron chi connectivity index (χ2n) is 3.74. The number of aromatic nitrogens is 3. The van der Waals surface area contributed by atoms with Gasteiger partial charge in [0.15, 0.2) is 5.54 Å². The van der Waals surface area contributed by atoms with Gasteiger partial charge in [-0.15, -0.1) is 0 Å². The maximum Gasteiger partial charge on any atom is 0.330 e. The molecule has 1 aromatic heterocycles. The average Bonchev–Trinajstić information content (AvgIpc) is 2.82. The van der Waals surface area contributed by atoms with Crippen LogP contribution in [0.25, 0.3) is 0 Å². The first kappa shape index (κ1) is 11.3. The van der Waals surface area contributed by atoms with Gasteiger partial charge in [0.05, 0.1) is 6.54 Å². The number of nitrogens with two attached hydrogens (primary N) is 1. The number of benzene rings is 1. The second-order valence-corrected chi connectivity index (χ2v) is 3.74. The summed E-state index contributed by atoms with van der Waals surface area (Å²) in [5, 5.41) is 13.2. The Morgan fingerprint density at radius 1 is 1.41 bits per heavy atom. The van der Waals surface area contributed by atoms with Crippen LogP contribution in [0, 0.1) is 0 Å². The lowest BCUT2D eigenvalue weighted by Gasteiger charge is -2.24. The van der Waals surface area contributed by atoms with Gasteiger partial charge in [0, 0.05) is 0 Å². The number of carbonyl (C=O) groups is 1. The zero-order valence-electron chi connectivity index (χ0n) is 9.02. The Kier molecular flexibility index (Phi) is 2.88. The Morgan fingerprint density at radius 3 is 2.65 bits per heavy atom. The molecule has 1 unspecified atom stereocenters. The molecule has 0 aliphatic heterocycles. The lowest BCUT2D eigenvalue weighted by atomic mass is 9.91. The van der Waals surface area contributed by atoms with Crippen molar-refractivity contribution in [2.75, 3.05) is 0 Å². The Labute approximate surface area is 97.7 Å². The van der Waals surface area contributed by atoms with Gasteiger partial charge in [-0.05, 0) is 5.56 Å². The summed E-state index contributed by atoms with van der Waals surface area (Å²) < 4.78 is 1.40. The topological polar surface area (TPSA) is 94.0 Å². The smallest absolute Gasteiger partial charge is 0.330 e. The van der Waals surface area contributed by atoms with E-state index in [4.69, 9.17) is 5.73 Å². The zero-order chi connectivity index (χ0) is 12.3.